The zero-order chi connectivity index (χ0) is 39.1. The molecule has 12 heteroatoms. The molecule has 0 bridgehead atoms. The molecule has 0 spiro atoms. The second-order valence-corrected chi connectivity index (χ2v) is 15.4. The summed E-state index contributed by atoms with van der Waals surface area (Å²) < 4.78 is 5.34. The third kappa shape index (κ3) is 12.9. The Labute approximate surface area is 316 Å². The molecule has 1 aromatic carbocycles. The number of likely N-dealkylation sites (N-methyl/N-ethyl adjacent to an activating group) is 1. The molecule has 5 N–H and O–H groups in total. The van der Waals surface area contributed by atoms with Gasteiger partial charge >= 0.3 is 0 Å². The first-order valence-electron chi connectivity index (χ1n) is 18.8. The molecular formula is C40H65N5O6S. The van der Waals surface area contributed by atoms with Crippen LogP contribution in [0.4, 0.5) is 0 Å². The van der Waals surface area contributed by atoms with E-state index in [-0.39, 0.29) is 71.3 Å². The van der Waals surface area contributed by atoms with E-state index in [0.717, 1.165) is 12.0 Å². The topological polar surface area (TPSA) is 153 Å². The Morgan fingerprint density at radius 2 is 1.58 bits per heavy atom. The van der Waals surface area contributed by atoms with Gasteiger partial charge < -0.3 is 35.8 Å². The number of hydrogen-bond donors (Lipinski definition) is 5. The van der Waals surface area contributed by atoms with Crippen LogP contribution in [0.25, 0.3) is 0 Å². The fourth-order valence-corrected chi connectivity index (χ4v) is 7.25. The molecule has 2 aromatic rings. The summed E-state index contributed by atoms with van der Waals surface area (Å²) in [4.78, 5) is 47.7. The Bertz CT molecular complexity index is 1420. The minimum atomic E-state index is -1.01. The summed E-state index contributed by atoms with van der Waals surface area (Å²) in [6.07, 6.45) is 2.54. The van der Waals surface area contributed by atoms with E-state index in [4.69, 9.17) is 4.74 Å². The van der Waals surface area contributed by atoms with Crippen LogP contribution in [0, 0.1) is 23.7 Å². The van der Waals surface area contributed by atoms with Crippen molar-refractivity contribution in [3.8, 4) is 5.75 Å². The lowest BCUT2D eigenvalue weighted by molar-refractivity contribution is -0.142. The van der Waals surface area contributed by atoms with Crippen LogP contribution < -0.4 is 16.0 Å². The van der Waals surface area contributed by atoms with E-state index in [9.17, 15) is 24.6 Å². The lowest BCUT2D eigenvalue weighted by atomic mass is 9.91. The molecule has 0 radical (unpaired) electrons. The number of carbonyl (C=O) groups is 3. The zero-order valence-electron chi connectivity index (χ0n) is 33.1. The van der Waals surface area contributed by atoms with Crippen LogP contribution in [0.1, 0.15) is 115 Å². The lowest BCUT2D eigenvalue weighted by Crippen LogP contribution is -2.58. The Morgan fingerprint density at radius 3 is 2.12 bits per heavy atom. The summed E-state index contributed by atoms with van der Waals surface area (Å²) in [5.41, 5.74) is 1.15. The minimum Gasteiger partial charge on any atom is -0.508 e. The summed E-state index contributed by atoms with van der Waals surface area (Å²) in [6, 6.07) is 5.14. The second-order valence-electron chi connectivity index (χ2n) is 14.5. The minimum absolute atomic E-state index is 0.00386. The smallest absolute Gasteiger partial charge is 0.270 e. The van der Waals surface area contributed by atoms with Crippen molar-refractivity contribution < 1.29 is 29.3 Å². The molecule has 0 saturated heterocycles. The maximum Gasteiger partial charge on any atom is 0.270 e. The zero-order valence-corrected chi connectivity index (χ0v) is 33.9. The Morgan fingerprint density at radius 1 is 0.962 bits per heavy atom. The number of carbonyl (C=O) groups excluding carboxylic acids is 3. The molecule has 0 fully saturated rings. The number of aliphatic hydroxyl groups excluding tert-OH is 1. The van der Waals surface area contributed by atoms with Gasteiger partial charge in [-0.15, -0.1) is 11.3 Å². The number of allylic oxidation sites excluding steroid dienone is 1. The van der Waals surface area contributed by atoms with E-state index in [1.54, 1.807) is 31.7 Å². The van der Waals surface area contributed by atoms with E-state index in [1.165, 1.54) is 11.3 Å². The van der Waals surface area contributed by atoms with Gasteiger partial charge in [-0.3, -0.25) is 14.4 Å². The van der Waals surface area contributed by atoms with Gasteiger partial charge in [0.25, 0.3) is 5.91 Å². The van der Waals surface area contributed by atoms with E-state index in [2.05, 4.69) is 27.5 Å². The van der Waals surface area contributed by atoms with Gasteiger partial charge in [-0.25, -0.2) is 4.98 Å². The first-order valence-corrected chi connectivity index (χ1v) is 19.7. The summed E-state index contributed by atoms with van der Waals surface area (Å²) in [5.74, 6) is 0.0445. The van der Waals surface area contributed by atoms with Gasteiger partial charge in [0, 0.05) is 36.3 Å². The van der Waals surface area contributed by atoms with Crippen molar-refractivity contribution in [2.24, 2.45) is 23.7 Å². The van der Waals surface area contributed by atoms with Crippen LogP contribution in [-0.4, -0.2) is 82.7 Å². The number of aromatic hydroxyl groups is 1. The number of amides is 3. The number of phenolic OH excluding ortho intramolecular Hbond substituents is 1. The van der Waals surface area contributed by atoms with E-state index < -0.39 is 18.2 Å². The highest BCUT2D eigenvalue weighted by Gasteiger charge is 2.37. The highest BCUT2D eigenvalue weighted by atomic mass is 32.1. The SMILES string of the molecule is C=C(OC)[C@@H](C)C[C@H](Cc1ccc(O)cc1)NC(=O)c1csc([C@H](O)C[C@H](C(C)C)N(CCC)C(=O)[C@@H](NC(=O)[C@H](NC)[C@@H](C)CC)[C@@H](C)CC)n1. The molecule has 0 unspecified atom stereocenters. The largest absolute Gasteiger partial charge is 0.508 e. The predicted molar refractivity (Wildman–Crippen MR) is 209 cm³/mol. The fourth-order valence-electron chi connectivity index (χ4n) is 6.46. The molecule has 8 atom stereocenters. The van der Waals surface area contributed by atoms with Crippen LogP contribution in [0.3, 0.4) is 0 Å². The van der Waals surface area contributed by atoms with Crippen molar-refractivity contribution in [2.45, 2.75) is 124 Å². The number of methoxy groups -OCH3 is 1. The van der Waals surface area contributed by atoms with Gasteiger partial charge in [0.15, 0.2) is 0 Å². The molecule has 11 nitrogen and oxygen atoms in total. The summed E-state index contributed by atoms with van der Waals surface area (Å²) in [5, 5.41) is 32.6. The van der Waals surface area contributed by atoms with E-state index >= 15 is 0 Å². The van der Waals surface area contributed by atoms with Crippen LogP contribution in [0.2, 0.25) is 0 Å². The van der Waals surface area contributed by atoms with Crippen molar-refractivity contribution in [3.63, 3.8) is 0 Å². The standard InChI is InChI=1S/C40H65N5O6S/c1-12-19-45(40(50)36(26(7)14-3)44-38(49)35(41-10)25(6)13-2)33(24(4)5)22-34(47)39-43-32(23-52-39)37(48)42-30(20-27(8)28(9)51-11)21-29-15-17-31(46)18-16-29/h15-18,23-27,30,33-36,41,46-47H,9,12-14,19-22H2,1-8,10-11H3,(H,42,48)(H,44,49)/t25-,26-,27-,30+,33+,34+,35+,36-/m0/s1. The first kappa shape index (κ1) is 44.7. The van der Waals surface area contributed by atoms with Crippen molar-refractivity contribution >= 4 is 29.1 Å². The molecule has 0 aliphatic rings. The molecule has 1 aromatic heterocycles. The van der Waals surface area contributed by atoms with Crippen molar-refractivity contribution in [2.75, 3.05) is 20.7 Å². The van der Waals surface area contributed by atoms with Crippen LogP contribution >= 0.6 is 11.3 Å². The normalized spacial score (nSPS) is 16.2. The number of phenols is 1. The third-order valence-electron chi connectivity index (χ3n) is 10.2. The number of aromatic nitrogens is 1. The predicted octanol–water partition coefficient (Wildman–Crippen LogP) is 6.23. The van der Waals surface area contributed by atoms with Crippen molar-refractivity contribution in [1.29, 1.82) is 0 Å². The average molecular weight is 744 g/mol. The molecule has 292 valence electrons. The Kier molecular flexibility index (Phi) is 18.8. The Balaban J connectivity index is 2.29. The number of benzene rings is 1. The van der Waals surface area contributed by atoms with E-state index in [0.29, 0.717) is 43.0 Å². The maximum atomic E-state index is 14.4. The quantitative estimate of drug-likeness (QED) is 0.0841. The molecule has 2 rings (SSSR count). The van der Waals surface area contributed by atoms with Gasteiger partial charge in [0.2, 0.25) is 11.8 Å². The van der Waals surface area contributed by atoms with Crippen LogP contribution in [-0.2, 0) is 20.7 Å². The monoisotopic (exact) mass is 743 g/mol. The van der Waals surface area contributed by atoms with Gasteiger partial charge in [0.05, 0.1) is 18.9 Å². The second kappa shape index (κ2) is 21.9. The summed E-state index contributed by atoms with van der Waals surface area (Å²) >= 11 is 1.21. The van der Waals surface area contributed by atoms with Gasteiger partial charge in [-0.2, -0.15) is 0 Å². The average Bonchev–Trinajstić information content (AvgIpc) is 3.63. The number of rotatable bonds is 23. The van der Waals surface area contributed by atoms with Crippen molar-refractivity contribution in [1.82, 2.24) is 25.8 Å². The number of aliphatic hydroxyl groups is 1. The van der Waals surface area contributed by atoms with Gasteiger partial charge in [-0.05, 0) is 61.8 Å². The number of nitrogens with one attached hydrogen (secondary N) is 3. The van der Waals surface area contributed by atoms with Crippen LogP contribution in [0.15, 0.2) is 42.0 Å². The summed E-state index contributed by atoms with van der Waals surface area (Å²) in [6.45, 7) is 20.6. The Hall–Kier alpha value is -3.48. The number of ether oxygens (including phenoxy) is 1. The highest BCUT2D eigenvalue weighted by molar-refractivity contribution is 7.09. The number of hydrogen-bond acceptors (Lipinski definition) is 9. The molecule has 52 heavy (non-hydrogen) atoms. The molecule has 3 amide bonds. The highest BCUT2D eigenvalue weighted by Crippen LogP contribution is 2.29. The van der Waals surface area contributed by atoms with E-state index in [1.807, 2.05) is 72.4 Å². The van der Waals surface area contributed by atoms with Gasteiger partial charge in [0.1, 0.15) is 28.6 Å². The van der Waals surface area contributed by atoms with Gasteiger partial charge in [-0.1, -0.05) is 86.9 Å². The molecule has 1 heterocycles. The fraction of sp³-hybridized carbons (Fsp3) is 0.650. The summed E-state index contributed by atoms with van der Waals surface area (Å²) in [7, 11) is 3.34. The number of nitrogens with zero attached hydrogens (tertiary/aromatic N) is 2. The first-order chi connectivity index (χ1) is 24.6. The van der Waals surface area contributed by atoms with Crippen LogP contribution in [0.5, 0.6) is 5.75 Å². The molecule has 0 aliphatic carbocycles. The number of thiazole rings is 1. The molecule has 0 saturated carbocycles. The third-order valence-corrected chi connectivity index (χ3v) is 11.2. The van der Waals surface area contributed by atoms with Crippen molar-refractivity contribution in [3.05, 3.63) is 58.2 Å². The lowest BCUT2D eigenvalue weighted by Gasteiger charge is -2.39. The molecular weight excluding hydrogens is 679 g/mol. The molecule has 0 aliphatic heterocycles. The maximum absolute atomic E-state index is 14.4.